The molecule has 2 amide bonds. The molecule has 3 fully saturated rings. The zero-order valence-electron chi connectivity index (χ0n) is 13.0. The van der Waals surface area contributed by atoms with E-state index in [0.29, 0.717) is 13.1 Å². The van der Waals surface area contributed by atoms with E-state index in [-0.39, 0.29) is 30.1 Å². The van der Waals surface area contributed by atoms with E-state index in [9.17, 15) is 18.0 Å². The van der Waals surface area contributed by atoms with Crippen LogP contribution in [-0.4, -0.2) is 84.6 Å². The minimum Gasteiger partial charge on any atom is -0.480 e. The highest BCUT2D eigenvalue weighted by atomic mass is 32.2. The number of fused-ring (bicyclic) bond motifs is 1. The van der Waals surface area contributed by atoms with Crippen LogP contribution in [0.5, 0.6) is 0 Å². The lowest BCUT2D eigenvalue weighted by Crippen LogP contribution is -2.63. The fraction of sp³-hybridized carbons (Fsp3) is 0.857. The van der Waals surface area contributed by atoms with Crippen LogP contribution in [0.3, 0.4) is 0 Å². The highest BCUT2D eigenvalue weighted by Gasteiger charge is 2.48. The van der Waals surface area contributed by atoms with Gasteiger partial charge in [-0.25, -0.2) is 13.2 Å². The number of aliphatic carboxylic acids is 1. The third-order valence-corrected chi connectivity index (χ3v) is 6.77. The zero-order valence-corrected chi connectivity index (χ0v) is 13.8. The van der Waals surface area contributed by atoms with E-state index in [4.69, 9.17) is 5.11 Å². The maximum absolute atomic E-state index is 12.5. The summed E-state index contributed by atoms with van der Waals surface area (Å²) in [6, 6.07) is -0.899. The average molecular weight is 345 g/mol. The molecule has 2 aliphatic heterocycles. The molecule has 1 saturated carbocycles. The summed E-state index contributed by atoms with van der Waals surface area (Å²) in [5, 5.41) is 12.0. The van der Waals surface area contributed by atoms with Crippen molar-refractivity contribution in [1.29, 1.82) is 0 Å². The third kappa shape index (κ3) is 3.60. The van der Waals surface area contributed by atoms with E-state index in [1.807, 2.05) is 0 Å². The molecule has 0 unspecified atom stereocenters. The summed E-state index contributed by atoms with van der Waals surface area (Å²) < 4.78 is 24.0. The van der Waals surface area contributed by atoms with Crippen LogP contribution in [0.1, 0.15) is 25.7 Å². The Bertz CT molecular complexity index is 587. The van der Waals surface area contributed by atoms with Gasteiger partial charge in [-0.1, -0.05) is 12.8 Å². The van der Waals surface area contributed by atoms with Crippen molar-refractivity contribution in [2.75, 3.05) is 31.1 Å². The lowest BCUT2D eigenvalue weighted by Gasteiger charge is -2.43. The zero-order chi connectivity index (χ0) is 16.6. The van der Waals surface area contributed by atoms with Crippen molar-refractivity contribution in [3.05, 3.63) is 0 Å². The highest BCUT2D eigenvalue weighted by molar-refractivity contribution is 7.91. The molecule has 0 spiro atoms. The summed E-state index contributed by atoms with van der Waals surface area (Å²) in [6.45, 7) is 0.568. The van der Waals surface area contributed by atoms with Crippen LogP contribution in [0.2, 0.25) is 0 Å². The second kappa shape index (κ2) is 6.27. The van der Waals surface area contributed by atoms with Crippen LogP contribution in [0.4, 0.5) is 4.79 Å². The van der Waals surface area contributed by atoms with E-state index in [1.54, 1.807) is 9.80 Å². The molecule has 130 valence electrons. The number of piperazine rings is 1. The number of carbonyl (C=O) groups excluding carboxylic acids is 1. The molecule has 2 atom stereocenters. The number of hydrogen-bond donors (Lipinski definition) is 2. The molecule has 0 aromatic rings. The first kappa shape index (κ1) is 16.5. The standard InChI is InChI=1S/C14H23N3O5S/c18-13(19)7-16-5-6-17(12-9-23(21,22)8-11(12)16)14(20)15-10-3-1-2-4-10/h10-12H,1-9H2,(H,15,20)(H,18,19)/t11-,12+/m0/s1. The third-order valence-electron chi connectivity index (χ3n) is 5.07. The van der Waals surface area contributed by atoms with Gasteiger partial charge >= 0.3 is 12.0 Å². The molecule has 0 aromatic heterocycles. The van der Waals surface area contributed by atoms with E-state index in [1.165, 1.54) is 0 Å². The molecule has 2 saturated heterocycles. The summed E-state index contributed by atoms with van der Waals surface area (Å²) in [7, 11) is -3.25. The van der Waals surface area contributed by atoms with Crippen molar-refractivity contribution in [3.8, 4) is 0 Å². The number of sulfone groups is 1. The molecule has 1 aliphatic carbocycles. The van der Waals surface area contributed by atoms with Crippen LogP contribution in [-0.2, 0) is 14.6 Å². The molecule has 8 nitrogen and oxygen atoms in total. The van der Waals surface area contributed by atoms with Crippen LogP contribution in [0.25, 0.3) is 0 Å². The smallest absolute Gasteiger partial charge is 0.317 e. The highest BCUT2D eigenvalue weighted by Crippen LogP contribution is 2.27. The number of hydrogen-bond acceptors (Lipinski definition) is 5. The SMILES string of the molecule is O=C(O)CN1CCN(C(=O)NC2CCCC2)[C@@H]2CS(=O)(=O)C[C@@H]21. The Kier molecular flexibility index (Phi) is 4.50. The van der Waals surface area contributed by atoms with Gasteiger partial charge in [-0.3, -0.25) is 9.69 Å². The summed E-state index contributed by atoms with van der Waals surface area (Å²) >= 11 is 0. The molecular weight excluding hydrogens is 322 g/mol. The summed E-state index contributed by atoms with van der Waals surface area (Å²) in [5.41, 5.74) is 0. The molecule has 0 aromatic carbocycles. The number of urea groups is 1. The molecule has 2 N–H and O–H groups in total. The maximum Gasteiger partial charge on any atom is 0.317 e. The van der Waals surface area contributed by atoms with Gasteiger partial charge in [-0.15, -0.1) is 0 Å². The van der Waals surface area contributed by atoms with Gasteiger partial charge in [0.25, 0.3) is 0 Å². The Hall–Kier alpha value is -1.35. The number of amides is 2. The van der Waals surface area contributed by atoms with Crippen molar-refractivity contribution in [2.24, 2.45) is 0 Å². The molecule has 0 bridgehead atoms. The molecule has 2 heterocycles. The van der Waals surface area contributed by atoms with Gasteiger partial charge in [0.15, 0.2) is 9.84 Å². The summed E-state index contributed by atoms with van der Waals surface area (Å²) in [4.78, 5) is 26.8. The molecule has 3 rings (SSSR count). The van der Waals surface area contributed by atoms with E-state index in [0.717, 1.165) is 25.7 Å². The maximum atomic E-state index is 12.5. The quantitative estimate of drug-likeness (QED) is 0.714. The lowest BCUT2D eigenvalue weighted by molar-refractivity contribution is -0.139. The van der Waals surface area contributed by atoms with E-state index < -0.39 is 27.9 Å². The van der Waals surface area contributed by atoms with Crippen molar-refractivity contribution in [1.82, 2.24) is 15.1 Å². The minimum atomic E-state index is -3.25. The molecule has 0 radical (unpaired) electrons. The summed E-state index contributed by atoms with van der Waals surface area (Å²) in [5.74, 6) is -1.12. The Labute approximate surface area is 135 Å². The van der Waals surface area contributed by atoms with Gasteiger partial charge in [0.05, 0.1) is 24.1 Å². The normalized spacial score (nSPS) is 31.0. The lowest BCUT2D eigenvalue weighted by atomic mass is 10.1. The summed E-state index contributed by atoms with van der Waals surface area (Å²) in [6.07, 6.45) is 4.16. The van der Waals surface area contributed by atoms with Crippen LogP contribution < -0.4 is 5.32 Å². The van der Waals surface area contributed by atoms with E-state index in [2.05, 4.69) is 5.32 Å². The number of carbonyl (C=O) groups is 2. The number of carboxylic acid groups (broad SMARTS) is 1. The second-order valence-electron chi connectivity index (χ2n) is 6.70. The molecule has 9 heteroatoms. The predicted molar refractivity (Wildman–Crippen MR) is 82.9 cm³/mol. The van der Waals surface area contributed by atoms with Crippen LogP contribution in [0, 0.1) is 0 Å². The van der Waals surface area contributed by atoms with Gasteiger partial charge in [0, 0.05) is 25.2 Å². The molecular formula is C14H23N3O5S. The Morgan fingerprint density at radius 1 is 1.09 bits per heavy atom. The predicted octanol–water partition coefficient (Wildman–Crippen LogP) is -0.494. The largest absolute Gasteiger partial charge is 0.480 e. The van der Waals surface area contributed by atoms with Crippen molar-refractivity contribution < 1.29 is 23.1 Å². The van der Waals surface area contributed by atoms with Crippen LogP contribution >= 0.6 is 0 Å². The van der Waals surface area contributed by atoms with Gasteiger partial charge in [-0.05, 0) is 12.8 Å². The second-order valence-corrected chi connectivity index (χ2v) is 8.85. The van der Waals surface area contributed by atoms with Gasteiger partial charge in [0.1, 0.15) is 0 Å². The fourth-order valence-corrected chi connectivity index (χ4v) is 5.99. The Balaban J connectivity index is 1.72. The topological polar surface area (TPSA) is 107 Å². The molecule has 3 aliphatic rings. The number of rotatable bonds is 3. The van der Waals surface area contributed by atoms with Gasteiger partial charge in [0.2, 0.25) is 0 Å². The monoisotopic (exact) mass is 345 g/mol. The first-order valence-corrected chi connectivity index (χ1v) is 9.91. The molecule has 23 heavy (non-hydrogen) atoms. The van der Waals surface area contributed by atoms with Gasteiger partial charge < -0.3 is 15.3 Å². The average Bonchev–Trinajstić information content (AvgIpc) is 3.04. The first-order valence-electron chi connectivity index (χ1n) is 8.09. The first-order chi connectivity index (χ1) is 10.9. The Morgan fingerprint density at radius 2 is 1.74 bits per heavy atom. The number of nitrogens with one attached hydrogen (secondary N) is 1. The number of nitrogens with zero attached hydrogens (tertiary/aromatic N) is 2. The minimum absolute atomic E-state index is 0.0713. The van der Waals surface area contributed by atoms with Crippen molar-refractivity contribution in [2.45, 2.75) is 43.8 Å². The van der Waals surface area contributed by atoms with Crippen LogP contribution in [0.15, 0.2) is 0 Å². The van der Waals surface area contributed by atoms with Gasteiger partial charge in [-0.2, -0.15) is 0 Å². The fourth-order valence-electron chi connectivity index (χ4n) is 3.97. The van der Waals surface area contributed by atoms with Crippen molar-refractivity contribution in [3.63, 3.8) is 0 Å². The number of carboxylic acids is 1. The Morgan fingerprint density at radius 3 is 2.39 bits per heavy atom. The van der Waals surface area contributed by atoms with E-state index >= 15 is 0 Å². The van der Waals surface area contributed by atoms with Crippen molar-refractivity contribution >= 4 is 21.8 Å².